The van der Waals surface area contributed by atoms with Crippen LogP contribution in [0.25, 0.3) is 11.3 Å². The Labute approximate surface area is 109 Å². The Bertz CT molecular complexity index is 590. The van der Waals surface area contributed by atoms with Gasteiger partial charge in [0.25, 0.3) is 0 Å². The molecular weight excluding hydrogens is 250 g/mol. The summed E-state index contributed by atoms with van der Waals surface area (Å²) in [6.45, 7) is 0.357. The second-order valence-electron chi connectivity index (χ2n) is 3.84. The molecule has 1 N–H and O–H groups in total. The van der Waals surface area contributed by atoms with E-state index in [-0.39, 0.29) is 5.69 Å². The Kier molecular flexibility index (Phi) is 3.82. The Morgan fingerprint density at radius 2 is 2.16 bits per heavy atom. The van der Waals surface area contributed by atoms with Gasteiger partial charge in [0, 0.05) is 18.7 Å². The van der Waals surface area contributed by atoms with Gasteiger partial charge in [0.05, 0.1) is 13.7 Å². The van der Waals surface area contributed by atoms with E-state index >= 15 is 0 Å². The Morgan fingerprint density at radius 3 is 2.74 bits per heavy atom. The van der Waals surface area contributed by atoms with Crippen LogP contribution in [-0.4, -0.2) is 30.5 Å². The highest BCUT2D eigenvalue weighted by atomic mass is 16.5. The van der Waals surface area contributed by atoms with Crippen LogP contribution < -0.4 is 4.74 Å². The highest BCUT2D eigenvalue weighted by Gasteiger charge is 2.15. The van der Waals surface area contributed by atoms with E-state index in [1.54, 1.807) is 26.4 Å². The number of ether oxygens (including phenoxy) is 2. The van der Waals surface area contributed by atoms with E-state index in [0.29, 0.717) is 18.1 Å². The number of carbonyl (C=O) groups is 1. The zero-order valence-electron chi connectivity index (χ0n) is 10.5. The van der Waals surface area contributed by atoms with Crippen LogP contribution in [0.15, 0.2) is 28.8 Å². The number of rotatable bonds is 5. The molecule has 0 aliphatic heterocycles. The van der Waals surface area contributed by atoms with Gasteiger partial charge in [-0.15, -0.1) is 0 Å². The minimum absolute atomic E-state index is 0.130. The summed E-state index contributed by atoms with van der Waals surface area (Å²) >= 11 is 0. The molecule has 19 heavy (non-hydrogen) atoms. The lowest BCUT2D eigenvalue weighted by molar-refractivity contribution is 0.0686. The molecule has 0 saturated carbocycles. The zero-order valence-corrected chi connectivity index (χ0v) is 10.5. The van der Waals surface area contributed by atoms with Gasteiger partial charge in [0.2, 0.25) is 0 Å². The van der Waals surface area contributed by atoms with Gasteiger partial charge < -0.3 is 19.1 Å². The average Bonchev–Trinajstić information content (AvgIpc) is 2.88. The van der Waals surface area contributed by atoms with Crippen molar-refractivity contribution in [2.24, 2.45) is 0 Å². The Balaban J connectivity index is 2.44. The largest absolute Gasteiger partial charge is 0.497 e. The Morgan fingerprint density at radius 1 is 1.37 bits per heavy atom. The molecule has 0 unspecified atom stereocenters. The number of aromatic nitrogens is 1. The quantitative estimate of drug-likeness (QED) is 0.890. The number of carboxylic acids is 1. The van der Waals surface area contributed by atoms with E-state index in [2.05, 4.69) is 5.16 Å². The monoisotopic (exact) mass is 263 g/mol. The molecule has 100 valence electrons. The van der Waals surface area contributed by atoms with Crippen LogP contribution in [0.4, 0.5) is 0 Å². The molecule has 6 heteroatoms. The number of carboxylic acid groups (broad SMARTS) is 1. The van der Waals surface area contributed by atoms with Crippen molar-refractivity contribution >= 4 is 5.97 Å². The number of hydrogen-bond donors (Lipinski definition) is 1. The first-order chi connectivity index (χ1) is 9.15. The predicted molar refractivity (Wildman–Crippen MR) is 66.2 cm³/mol. The second kappa shape index (κ2) is 5.53. The van der Waals surface area contributed by atoms with Crippen LogP contribution in [0, 0.1) is 0 Å². The fraction of sp³-hybridized carbons (Fsp3) is 0.231. The second-order valence-corrected chi connectivity index (χ2v) is 3.84. The third kappa shape index (κ3) is 2.74. The maximum atomic E-state index is 10.8. The molecule has 0 spiro atoms. The minimum atomic E-state index is -1.13. The lowest BCUT2D eigenvalue weighted by Gasteiger charge is -2.08. The van der Waals surface area contributed by atoms with Gasteiger partial charge in [-0.25, -0.2) is 4.79 Å². The van der Waals surface area contributed by atoms with Crippen LogP contribution in [-0.2, 0) is 11.3 Å². The topological polar surface area (TPSA) is 81.8 Å². The van der Waals surface area contributed by atoms with Gasteiger partial charge in [0.15, 0.2) is 11.5 Å². The normalized spacial score (nSPS) is 10.4. The summed E-state index contributed by atoms with van der Waals surface area (Å²) in [5.41, 5.74) is 1.42. The number of hydrogen-bond acceptors (Lipinski definition) is 5. The van der Waals surface area contributed by atoms with Crippen LogP contribution in [0.5, 0.6) is 5.75 Å². The van der Waals surface area contributed by atoms with Gasteiger partial charge in [-0.05, 0) is 23.8 Å². The summed E-state index contributed by atoms with van der Waals surface area (Å²) in [5.74, 6) is -0.0577. The lowest BCUT2D eigenvalue weighted by atomic mass is 10.1. The minimum Gasteiger partial charge on any atom is -0.497 e. The first kappa shape index (κ1) is 13.1. The van der Waals surface area contributed by atoms with Crippen molar-refractivity contribution in [3.63, 3.8) is 0 Å². The van der Waals surface area contributed by atoms with Crippen molar-refractivity contribution in [1.29, 1.82) is 0 Å². The fourth-order valence-corrected chi connectivity index (χ4v) is 1.72. The third-order valence-corrected chi connectivity index (χ3v) is 2.61. The number of nitrogens with zero attached hydrogens (tertiary/aromatic N) is 1. The summed E-state index contributed by atoms with van der Waals surface area (Å²) in [6.07, 6.45) is 0. The van der Waals surface area contributed by atoms with Crippen molar-refractivity contribution in [3.8, 4) is 17.1 Å². The molecule has 0 radical (unpaired) electrons. The highest BCUT2D eigenvalue weighted by molar-refractivity contribution is 5.86. The van der Waals surface area contributed by atoms with E-state index in [4.69, 9.17) is 19.1 Å². The van der Waals surface area contributed by atoms with E-state index < -0.39 is 5.97 Å². The predicted octanol–water partition coefficient (Wildman–Crippen LogP) is 2.19. The van der Waals surface area contributed by atoms with E-state index in [9.17, 15) is 4.79 Å². The van der Waals surface area contributed by atoms with Gasteiger partial charge >= 0.3 is 5.97 Å². The molecule has 1 aromatic carbocycles. The first-order valence-corrected chi connectivity index (χ1v) is 5.52. The van der Waals surface area contributed by atoms with Gasteiger partial charge in [-0.3, -0.25) is 0 Å². The SMILES string of the molecule is COCc1cc(OC)ccc1-c1cc(C(=O)O)no1. The standard InChI is InChI=1S/C13H13NO5/c1-17-7-8-5-9(18-2)3-4-10(8)12-6-11(13(15)16)14-19-12/h3-6H,7H2,1-2H3,(H,15,16). The molecular formula is C13H13NO5. The molecule has 0 atom stereocenters. The van der Waals surface area contributed by atoms with Crippen molar-refractivity contribution < 1.29 is 23.9 Å². The summed E-state index contributed by atoms with van der Waals surface area (Å²) in [4.78, 5) is 10.8. The smallest absolute Gasteiger partial charge is 0.358 e. The van der Waals surface area contributed by atoms with Crippen molar-refractivity contribution in [2.75, 3.05) is 14.2 Å². The molecule has 2 aromatic rings. The van der Waals surface area contributed by atoms with Crippen molar-refractivity contribution in [2.45, 2.75) is 6.61 Å². The number of aromatic carboxylic acids is 1. The summed E-state index contributed by atoms with van der Waals surface area (Å²) in [5, 5.41) is 12.3. The van der Waals surface area contributed by atoms with E-state index in [0.717, 1.165) is 11.1 Å². The van der Waals surface area contributed by atoms with Crippen molar-refractivity contribution in [3.05, 3.63) is 35.5 Å². The first-order valence-electron chi connectivity index (χ1n) is 5.52. The Hall–Kier alpha value is -2.34. The summed E-state index contributed by atoms with van der Waals surface area (Å²) in [6, 6.07) is 6.72. The average molecular weight is 263 g/mol. The molecule has 0 aliphatic rings. The molecule has 0 bridgehead atoms. The van der Waals surface area contributed by atoms with Gasteiger partial charge in [0.1, 0.15) is 5.75 Å². The van der Waals surface area contributed by atoms with Crippen LogP contribution in [0.2, 0.25) is 0 Å². The number of methoxy groups -OCH3 is 2. The fourth-order valence-electron chi connectivity index (χ4n) is 1.72. The molecule has 0 aliphatic carbocycles. The van der Waals surface area contributed by atoms with Crippen molar-refractivity contribution in [1.82, 2.24) is 5.16 Å². The van der Waals surface area contributed by atoms with E-state index in [1.807, 2.05) is 6.07 Å². The molecule has 6 nitrogen and oxygen atoms in total. The van der Waals surface area contributed by atoms with Crippen LogP contribution >= 0.6 is 0 Å². The van der Waals surface area contributed by atoms with Crippen LogP contribution in [0.3, 0.4) is 0 Å². The highest BCUT2D eigenvalue weighted by Crippen LogP contribution is 2.28. The van der Waals surface area contributed by atoms with Crippen LogP contribution in [0.1, 0.15) is 16.1 Å². The maximum absolute atomic E-state index is 10.8. The van der Waals surface area contributed by atoms with Gasteiger partial charge in [-0.1, -0.05) is 5.16 Å². The molecule has 1 aromatic heterocycles. The van der Waals surface area contributed by atoms with Gasteiger partial charge in [-0.2, -0.15) is 0 Å². The molecule has 0 amide bonds. The maximum Gasteiger partial charge on any atom is 0.358 e. The molecule has 1 heterocycles. The molecule has 0 fully saturated rings. The lowest BCUT2D eigenvalue weighted by Crippen LogP contribution is -1.95. The summed E-state index contributed by atoms with van der Waals surface area (Å²) < 4.78 is 15.3. The summed E-state index contributed by atoms with van der Waals surface area (Å²) in [7, 11) is 3.15. The number of benzene rings is 1. The molecule has 0 saturated heterocycles. The third-order valence-electron chi connectivity index (χ3n) is 2.61. The molecule has 2 rings (SSSR count). The van der Waals surface area contributed by atoms with E-state index in [1.165, 1.54) is 6.07 Å². The zero-order chi connectivity index (χ0) is 13.8.